The topological polar surface area (TPSA) is 35.8 Å². The van der Waals surface area contributed by atoms with Gasteiger partial charge in [0, 0.05) is 10.6 Å². The van der Waals surface area contributed by atoms with Gasteiger partial charge in [0.05, 0.1) is 17.9 Å². The third-order valence-corrected chi connectivity index (χ3v) is 3.78. The zero-order valence-corrected chi connectivity index (χ0v) is 9.77. The van der Waals surface area contributed by atoms with Crippen LogP contribution in [0.4, 0.5) is 5.69 Å². The van der Waals surface area contributed by atoms with Crippen LogP contribution < -0.4 is 5.32 Å². The lowest BCUT2D eigenvalue weighted by Crippen LogP contribution is -2.07. The van der Waals surface area contributed by atoms with Crippen molar-refractivity contribution in [1.82, 2.24) is 0 Å². The lowest BCUT2D eigenvalue weighted by Gasteiger charge is -2.09. The Balaban J connectivity index is 2.30. The first-order valence-electron chi connectivity index (χ1n) is 5.15. The van der Waals surface area contributed by atoms with Gasteiger partial charge in [0.25, 0.3) is 0 Å². The first kappa shape index (κ1) is 10.4. The van der Waals surface area contributed by atoms with Crippen LogP contribution in [-0.2, 0) is 0 Å². The van der Waals surface area contributed by atoms with Gasteiger partial charge >= 0.3 is 0 Å². The van der Waals surface area contributed by atoms with E-state index in [2.05, 4.69) is 43.4 Å². The molecule has 0 bridgehead atoms. The average molecular weight is 218 g/mol. The fourth-order valence-corrected chi connectivity index (χ4v) is 3.10. The van der Waals surface area contributed by atoms with E-state index in [0.29, 0.717) is 12.3 Å². The predicted octanol–water partition coefficient (Wildman–Crippen LogP) is 3.57. The molecule has 0 aliphatic carbocycles. The molecular formula is C12H14N2S. The highest BCUT2D eigenvalue weighted by Crippen LogP contribution is 2.43. The number of thioether (sulfide) groups is 1. The first-order chi connectivity index (χ1) is 7.22. The van der Waals surface area contributed by atoms with Crippen LogP contribution in [0, 0.1) is 11.3 Å². The molecule has 0 amide bonds. The molecule has 1 unspecified atom stereocenters. The number of nitrogens with one attached hydrogen (secondary N) is 1. The third-order valence-electron chi connectivity index (χ3n) is 2.52. The fraction of sp³-hybridized carbons (Fsp3) is 0.417. The average Bonchev–Trinajstić information content (AvgIpc) is 2.59. The van der Waals surface area contributed by atoms with Crippen molar-refractivity contribution < 1.29 is 0 Å². The van der Waals surface area contributed by atoms with E-state index in [1.807, 2.05) is 0 Å². The number of hydrogen-bond donors (Lipinski definition) is 1. The van der Waals surface area contributed by atoms with Crippen molar-refractivity contribution in [2.75, 3.05) is 5.32 Å². The van der Waals surface area contributed by atoms with Crippen molar-refractivity contribution in [3.05, 3.63) is 23.8 Å². The highest BCUT2D eigenvalue weighted by molar-refractivity contribution is 8.00. The minimum atomic E-state index is 0.227. The molecule has 0 radical (unpaired) electrons. The quantitative estimate of drug-likeness (QED) is 0.824. The zero-order valence-electron chi connectivity index (χ0n) is 8.95. The molecule has 0 spiro atoms. The summed E-state index contributed by atoms with van der Waals surface area (Å²) in [4.78, 5) is 1.33. The molecule has 1 N–H and O–H groups in total. The molecule has 78 valence electrons. The van der Waals surface area contributed by atoms with Crippen LogP contribution in [0.25, 0.3) is 0 Å². The normalized spacial score (nSPS) is 18.4. The monoisotopic (exact) mass is 218 g/mol. The Bertz CT molecular complexity index is 407. The van der Waals surface area contributed by atoms with Crippen LogP contribution in [0.3, 0.4) is 0 Å². The van der Waals surface area contributed by atoms with Gasteiger partial charge in [0.1, 0.15) is 0 Å². The van der Waals surface area contributed by atoms with Crippen molar-refractivity contribution in [3.8, 4) is 6.07 Å². The number of hydrogen-bond acceptors (Lipinski definition) is 3. The molecule has 2 nitrogen and oxygen atoms in total. The Kier molecular flexibility index (Phi) is 2.88. The number of anilines is 1. The zero-order chi connectivity index (χ0) is 10.8. The number of benzene rings is 1. The van der Waals surface area contributed by atoms with Crippen molar-refractivity contribution in [1.29, 1.82) is 5.26 Å². The van der Waals surface area contributed by atoms with Crippen molar-refractivity contribution in [2.45, 2.75) is 36.5 Å². The van der Waals surface area contributed by atoms with Gasteiger partial charge in [-0.15, -0.1) is 0 Å². The minimum absolute atomic E-state index is 0.227. The van der Waals surface area contributed by atoms with Gasteiger partial charge in [-0.2, -0.15) is 5.26 Å². The largest absolute Gasteiger partial charge is 0.371 e. The van der Waals surface area contributed by atoms with E-state index in [4.69, 9.17) is 5.26 Å². The van der Waals surface area contributed by atoms with E-state index in [-0.39, 0.29) is 5.37 Å². The van der Waals surface area contributed by atoms with Gasteiger partial charge in [-0.1, -0.05) is 37.7 Å². The first-order valence-corrected chi connectivity index (χ1v) is 6.03. The van der Waals surface area contributed by atoms with E-state index in [1.165, 1.54) is 16.1 Å². The number of nitriles is 1. The highest BCUT2D eigenvalue weighted by atomic mass is 32.2. The van der Waals surface area contributed by atoms with Crippen LogP contribution in [0.15, 0.2) is 23.1 Å². The van der Waals surface area contributed by atoms with Crippen LogP contribution in [0.5, 0.6) is 0 Å². The molecule has 3 heteroatoms. The third kappa shape index (κ3) is 1.95. The van der Waals surface area contributed by atoms with Crippen LogP contribution >= 0.6 is 11.8 Å². The Hall–Kier alpha value is -1.14. The molecule has 1 aromatic carbocycles. The summed E-state index contributed by atoms with van der Waals surface area (Å²) in [5.41, 5.74) is 2.57. The molecule has 1 atom stereocenters. The summed E-state index contributed by atoms with van der Waals surface area (Å²) in [6.45, 7) is 4.40. The Morgan fingerprint density at radius 3 is 3.00 bits per heavy atom. The Labute approximate surface area is 94.7 Å². The fourth-order valence-electron chi connectivity index (χ4n) is 1.78. The number of nitrogens with zero attached hydrogens (tertiary/aromatic N) is 1. The van der Waals surface area contributed by atoms with Gasteiger partial charge in [0.15, 0.2) is 0 Å². The maximum atomic E-state index is 8.68. The number of rotatable bonds is 2. The van der Waals surface area contributed by atoms with Crippen molar-refractivity contribution in [3.63, 3.8) is 0 Å². The summed E-state index contributed by atoms with van der Waals surface area (Å²) in [5.74, 6) is 0.537. The van der Waals surface area contributed by atoms with Crippen molar-refractivity contribution in [2.24, 2.45) is 0 Å². The van der Waals surface area contributed by atoms with E-state index < -0.39 is 0 Å². The summed E-state index contributed by atoms with van der Waals surface area (Å²) in [6, 6.07) is 8.55. The summed E-state index contributed by atoms with van der Waals surface area (Å²) in [7, 11) is 0. The lowest BCUT2D eigenvalue weighted by atomic mass is 10.0. The summed E-state index contributed by atoms with van der Waals surface area (Å²) >= 11 is 1.78. The molecule has 1 heterocycles. The minimum Gasteiger partial charge on any atom is -0.371 e. The molecule has 0 saturated heterocycles. The van der Waals surface area contributed by atoms with Crippen LogP contribution in [-0.4, -0.2) is 5.37 Å². The van der Waals surface area contributed by atoms with E-state index in [9.17, 15) is 0 Å². The second kappa shape index (κ2) is 4.16. The molecule has 1 aliphatic rings. The number of fused-ring (bicyclic) bond motifs is 1. The van der Waals surface area contributed by atoms with Gasteiger partial charge in [-0.25, -0.2) is 0 Å². The standard InChI is InChI=1S/C12H14N2S/c1-8(2)9-4-3-5-10-12(9)15-11(14-10)6-7-13/h3-5,8,11,14H,6H2,1-2H3. The molecule has 0 saturated carbocycles. The molecule has 1 aliphatic heterocycles. The SMILES string of the molecule is CC(C)c1cccc2c1SC(CC#N)N2. The maximum Gasteiger partial charge on any atom is 0.0900 e. The summed E-state index contributed by atoms with van der Waals surface area (Å²) < 4.78 is 0. The predicted molar refractivity (Wildman–Crippen MR) is 64.0 cm³/mol. The maximum absolute atomic E-state index is 8.68. The summed E-state index contributed by atoms with van der Waals surface area (Å²) in [5, 5.41) is 12.3. The molecule has 0 aromatic heterocycles. The Morgan fingerprint density at radius 2 is 2.33 bits per heavy atom. The van der Waals surface area contributed by atoms with Gasteiger partial charge in [0.2, 0.25) is 0 Å². The van der Waals surface area contributed by atoms with Gasteiger partial charge in [-0.3, -0.25) is 0 Å². The highest BCUT2D eigenvalue weighted by Gasteiger charge is 2.23. The van der Waals surface area contributed by atoms with Gasteiger partial charge < -0.3 is 5.32 Å². The molecule has 2 rings (SSSR count). The van der Waals surface area contributed by atoms with Crippen LogP contribution in [0.1, 0.15) is 31.7 Å². The summed E-state index contributed by atoms with van der Waals surface area (Å²) in [6.07, 6.45) is 0.552. The van der Waals surface area contributed by atoms with Gasteiger partial charge in [-0.05, 0) is 17.5 Å². The van der Waals surface area contributed by atoms with Crippen LogP contribution in [0.2, 0.25) is 0 Å². The molecule has 15 heavy (non-hydrogen) atoms. The van der Waals surface area contributed by atoms with E-state index >= 15 is 0 Å². The molecule has 1 aromatic rings. The molecule has 0 fully saturated rings. The van der Waals surface area contributed by atoms with E-state index in [0.717, 1.165) is 0 Å². The second-order valence-electron chi connectivity index (χ2n) is 3.99. The van der Waals surface area contributed by atoms with Crippen molar-refractivity contribution >= 4 is 17.4 Å². The Morgan fingerprint density at radius 1 is 1.53 bits per heavy atom. The smallest absolute Gasteiger partial charge is 0.0900 e. The lowest BCUT2D eigenvalue weighted by molar-refractivity contribution is 0.845. The molecular weight excluding hydrogens is 204 g/mol. The van der Waals surface area contributed by atoms with E-state index in [1.54, 1.807) is 11.8 Å². The second-order valence-corrected chi connectivity index (χ2v) is 5.20.